The highest BCUT2D eigenvalue weighted by Gasteiger charge is 2.54. The second kappa shape index (κ2) is 6.38. The molecular formula is C14H25NO4Si4. The maximum Gasteiger partial charge on any atom is 0.351 e. The molecule has 9 heteroatoms. The van der Waals surface area contributed by atoms with Gasteiger partial charge in [0.15, 0.2) is 0 Å². The zero-order valence-electron chi connectivity index (χ0n) is 14.7. The van der Waals surface area contributed by atoms with Gasteiger partial charge in [-0.15, -0.1) is 0 Å². The van der Waals surface area contributed by atoms with Crippen molar-refractivity contribution in [3.05, 3.63) is 30.3 Å². The molecular weight excluding hydrogens is 359 g/mol. The van der Waals surface area contributed by atoms with Crippen LogP contribution < -0.4 is 5.19 Å². The molecule has 2 rings (SSSR count). The van der Waals surface area contributed by atoms with Crippen LogP contribution in [-0.2, 0) is 16.5 Å². The molecule has 126 valence electrons. The predicted octanol–water partition coefficient (Wildman–Crippen LogP) is 3.04. The van der Waals surface area contributed by atoms with Crippen molar-refractivity contribution in [2.24, 2.45) is 0 Å². The Morgan fingerprint density at radius 3 is 1.96 bits per heavy atom. The maximum absolute atomic E-state index is 9.24. The highest BCUT2D eigenvalue weighted by molar-refractivity contribution is 6.97. The smallest absolute Gasteiger partial charge is 0.351 e. The van der Waals surface area contributed by atoms with Gasteiger partial charge in [0.2, 0.25) is 0 Å². The zero-order valence-corrected chi connectivity index (χ0v) is 18.7. The number of rotatable bonds is 2. The molecule has 0 aromatic heterocycles. The Morgan fingerprint density at radius 2 is 1.39 bits per heavy atom. The topological polar surface area (TPSA) is 60.7 Å². The van der Waals surface area contributed by atoms with Crippen LogP contribution in [0.3, 0.4) is 0 Å². The molecule has 1 heterocycles. The first-order chi connectivity index (χ1) is 10.5. The number of nitriles is 1. The first-order valence-corrected chi connectivity index (χ1v) is 18.2. The van der Waals surface area contributed by atoms with E-state index in [1.54, 1.807) is 0 Å². The third kappa shape index (κ3) is 4.71. The second-order valence-electron chi connectivity index (χ2n) is 6.99. The van der Waals surface area contributed by atoms with Crippen LogP contribution >= 0.6 is 0 Å². The Kier molecular flexibility index (Phi) is 5.20. The lowest BCUT2D eigenvalue weighted by Gasteiger charge is -2.48. The van der Waals surface area contributed by atoms with Crippen LogP contribution in [0.2, 0.25) is 45.3 Å². The Hall–Kier alpha value is -0.582. The second-order valence-corrected chi connectivity index (χ2v) is 20.9. The lowest BCUT2D eigenvalue weighted by atomic mass is 10.4. The van der Waals surface area contributed by atoms with Crippen LogP contribution in [0.4, 0.5) is 0 Å². The van der Waals surface area contributed by atoms with Gasteiger partial charge in [0.05, 0.1) is 12.1 Å². The Labute approximate surface area is 143 Å². The average Bonchev–Trinajstić information content (AvgIpc) is 2.35. The van der Waals surface area contributed by atoms with E-state index in [4.69, 9.17) is 16.5 Å². The quantitative estimate of drug-likeness (QED) is 0.735. The maximum atomic E-state index is 9.24. The third-order valence-corrected chi connectivity index (χ3v) is 20.1. The van der Waals surface area contributed by atoms with Crippen LogP contribution in [-0.4, -0.2) is 34.2 Å². The summed E-state index contributed by atoms with van der Waals surface area (Å²) in [6.45, 7) is 12.1. The van der Waals surface area contributed by atoms with Gasteiger partial charge < -0.3 is 16.5 Å². The van der Waals surface area contributed by atoms with Crippen molar-refractivity contribution >= 4 is 39.4 Å². The van der Waals surface area contributed by atoms with Gasteiger partial charge in [-0.1, -0.05) is 30.3 Å². The standard InChI is InChI=1S/C14H25NO4Si4/c1-20(2)16-21(3,4)18-23(6,14-10-8-7-9-11-14)19-22(5,17-20)13-12-15/h7-11H,13H2,1-6H3. The number of benzene rings is 1. The molecule has 0 radical (unpaired) electrons. The van der Waals surface area contributed by atoms with E-state index in [-0.39, 0.29) is 6.04 Å². The normalized spacial score (nSPS) is 33.3. The van der Waals surface area contributed by atoms with Gasteiger partial charge in [0.1, 0.15) is 0 Å². The van der Waals surface area contributed by atoms with Crippen molar-refractivity contribution in [1.29, 1.82) is 5.26 Å². The van der Waals surface area contributed by atoms with Crippen LogP contribution in [0.1, 0.15) is 0 Å². The molecule has 5 nitrogen and oxygen atoms in total. The number of nitrogens with zero attached hydrogens (tertiary/aromatic N) is 1. The third-order valence-electron chi connectivity index (χ3n) is 3.50. The molecule has 1 saturated heterocycles. The van der Waals surface area contributed by atoms with E-state index in [9.17, 15) is 5.26 Å². The lowest BCUT2D eigenvalue weighted by molar-refractivity contribution is 0.240. The van der Waals surface area contributed by atoms with Crippen LogP contribution in [0, 0.1) is 11.3 Å². The van der Waals surface area contributed by atoms with Crippen LogP contribution in [0.15, 0.2) is 30.3 Å². The summed E-state index contributed by atoms with van der Waals surface area (Å²) in [4.78, 5) is 0. The minimum Gasteiger partial charge on any atom is -0.416 e. The molecule has 1 aliphatic rings. The Morgan fingerprint density at radius 1 is 0.826 bits per heavy atom. The van der Waals surface area contributed by atoms with Crippen molar-refractivity contribution in [1.82, 2.24) is 0 Å². The summed E-state index contributed by atoms with van der Waals surface area (Å²) in [6.07, 6.45) is 0. The molecule has 2 atom stereocenters. The fourth-order valence-corrected chi connectivity index (χ4v) is 23.9. The highest BCUT2D eigenvalue weighted by Crippen LogP contribution is 2.32. The monoisotopic (exact) mass is 383 g/mol. The molecule has 0 saturated carbocycles. The first-order valence-electron chi connectivity index (χ1n) is 7.72. The van der Waals surface area contributed by atoms with Crippen LogP contribution in [0.25, 0.3) is 0 Å². The van der Waals surface area contributed by atoms with Gasteiger partial charge in [0, 0.05) is 0 Å². The molecule has 0 amide bonds. The summed E-state index contributed by atoms with van der Waals surface area (Å²) in [5, 5.41) is 10.3. The minimum absolute atomic E-state index is 0.271. The highest BCUT2D eigenvalue weighted by atomic mass is 28.5. The van der Waals surface area contributed by atoms with Crippen molar-refractivity contribution in [2.75, 3.05) is 0 Å². The molecule has 23 heavy (non-hydrogen) atoms. The summed E-state index contributed by atoms with van der Waals surface area (Å²) in [5.74, 6) is 0. The molecule has 1 aromatic carbocycles. The zero-order chi connectivity index (χ0) is 17.4. The van der Waals surface area contributed by atoms with E-state index in [1.165, 1.54) is 0 Å². The largest absolute Gasteiger partial charge is 0.416 e. The summed E-state index contributed by atoms with van der Waals surface area (Å²) in [6, 6.07) is 12.5. The summed E-state index contributed by atoms with van der Waals surface area (Å²) in [7, 11) is -10.2. The molecule has 1 aliphatic heterocycles. The van der Waals surface area contributed by atoms with Crippen molar-refractivity contribution in [2.45, 2.75) is 45.3 Å². The van der Waals surface area contributed by atoms with E-state index < -0.39 is 34.2 Å². The Bertz CT molecular complexity index is 607. The van der Waals surface area contributed by atoms with E-state index in [0.29, 0.717) is 0 Å². The summed E-state index contributed by atoms with van der Waals surface area (Å²) in [5.41, 5.74) is 0. The molecule has 0 spiro atoms. The molecule has 1 fully saturated rings. The van der Waals surface area contributed by atoms with Crippen molar-refractivity contribution in [3.8, 4) is 6.07 Å². The Balaban J connectivity index is 2.48. The van der Waals surface area contributed by atoms with E-state index in [2.05, 4.69) is 6.07 Å². The molecule has 0 N–H and O–H groups in total. The summed E-state index contributed by atoms with van der Waals surface area (Å²) >= 11 is 0. The van der Waals surface area contributed by atoms with Gasteiger partial charge in [-0.05, 0) is 44.5 Å². The molecule has 2 unspecified atom stereocenters. The van der Waals surface area contributed by atoms with Gasteiger partial charge in [-0.2, -0.15) is 5.26 Å². The fraction of sp³-hybridized carbons (Fsp3) is 0.500. The average molecular weight is 384 g/mol. The lowest BCUT2D eigenvalue weighted by Crippen LogP contribution is -2.69. The molecule has 1 aromatic rings. The summed E-state index contributed by atoms with van der Waals surface area (Å²) < 4.78 is 25.8. The van der Waals surface area contributed by atoms with Gasteiger partial charge in [-0.25, -0.2) is 0 Å². The number of hydrogen-bond donors (Lipinski definition) is 0. The first kappa shape index (κ1) is 18.8. The SMILES string of the molecule is C[Si]1(C)O[Si](C)(C)O[Si](C)(c2ccccc2)O[Si](C)(CC#N)O1. The fourth-order valence-electron chi connectivity index (χ4n) is 3.15. The van der Waals surface area contributed by atoms with Crippen molar-refractivity contribution < 1.29 is 16.5 Å². The minimum atomic E-state index is -2.72. The van der Waals surface area contributed by atoms with Gasteiger partial charge >= 0.3 is 34.2 Å². The van der Waals surface area contributed by atoms with E-state index >= 15 is 0 Å². The van der Waals surface area contributed by atoms with Crippen molar-refractivity contribution in [3.63, 3.8) is 0 Å². The predicted molar refractivity (Wildman–Crippen MR) is 99.0 cm³/mol. The molecule has 0 aliphatic carbocycles. The number of hydrogen-bond acceptors (Lipinski definition) is 5. The van der Waals surface area contributed by atoms with Gasteiger partial charge in [0.25, 0.3) is 0 Å². The molecule has 0 bridgehead atoms. The van der Waals surface area contributed by atoms with Crippen LogP contribution in [0.5, 0.6) is 0 Å². The van der Waals surface area contributed by atoms with E-state index in [1.807, 2.05) is 69.6 Å². The van der Waals surface area contributed by atoms with Gasteiger partial charge in [-0.3, -0.25) is 0 Å². The van der Waals surface area contributed by atoms with E-state index in [0.717, 1.165) is 5.19 Å².